The van der Waals surface area contributed by atoms with Crippen LogP contribution in [0.15, 0.2) is 30.3 Å². The van der Waals surface area contributed by atoms with Crippen molar-refractivity contribution in [3.63, 3.8) is 0 Å². The van der Waals surface area contributed by atoms with Crippen LogP contribution in [0.2, 0.25) is 0 Å². The SMILES string of the molecule is c1ccc(CCCNC2CCCNCC2)cc1. The summed E-state index contributed by atoms with van der Waals surface area (Å²) in [6.45, 7) is 3.53. The van der Waals surface area contributed by atoms with Gasteiger partial charge in [-0.2, -0.15) is 0 Å². The van der Waals surface area contributed by atoms with E-state index >= 15 is 0 Å². The predicted molar refractivity (Wildman–Crippen MR) is 73.3 cm³/mol. The maximum absolute atomic E-state index is 3.69. The standard InChI is InChI=1S/C15H24N2/c1-2-6-14(7-3-1)8-4-12-17-15-9-5-11-16-13-10-15/h1-3,6-7,15-17H,4-5,8-13H2. The smallest absolute Gasteiger partial charge is 0.00796 e. The van der Waals surface area contributed by atoms with Gasteiger partial charge in [-0.25, -0.2) is 0 Å². The first-order valence-corrected chi connectivity index (χ1v) is 6.93. The van der Waals surface area contributed by atoms with Crippen LogP contribution in [0.1, 0.15) is 31.2 Å². The Balaban J connectivity index is 1.59. The van der Waals surface area contributed by atoms with Crippen LogP contribution in [-0.4, -0.2) is 25.7 Å². The van der Waals surface area contributed by atoms with Crippen LogP contribution >= 0.6 is 0 Å². The van der Waals surface area contributed by atoms with Crippen LogP contribution in [0.25, 0.3) is 0 Å². The zero-order valence-corrected chi connectivity index (χ0v) is 10.6. The van der Waals surface area contributed by atoms with Gasteiger partial charge in [0.1, 0.15) is 0 Å². The van der Waals surface area contributed by atoms with Gasteiger partial charge in [0.2, 0.25) is 0 Å². The first kappa shape index (κ1) is 12.6. The lowest BCUT2D eigenvalue weighted by Crippen LogP contribution is -2.30. The monoisotopic (exact) mass is 232 g/mol. The molecule has 0 radical (unpaired) electrons. The average Bonchev–Trinajstić information content (AvgIpc) is 2.65. The highest BCUT2D eigenvalue weighted by Crippen LogP contribution is 2.06. The van der Waals surface area contributed by atoms with Crippen molar-refractivity contribution in [1.29, 1.82) is 0 Å². The van der Waals surface area contributed by atoms with E-state index in [1.54, 1.807) is 0 Å². The van der Waals surface area contributed by atoms with Gasteiger partial charge < -0.3 is 10.6 Å². The largest absolute Gasteiger partial charge is 0.317 e. The molecule has 2 nitrogen and oxygen atoms in total. The van der Waals surface area contributed by atoms with Gasteiger partial charge in [0.05, 0.1) is 0 Å². The van der Waals surface area contributed by atoms with Gasteiger partial charge in [-0.1, -0.05) is 30.3 Å². The lowest BCUT2D eigenvalue weighted by atomic mass is 10.1. The molecule has 1 saturated heterocycles. The lowest BCUT2D eigenvalue weighted by molar-refractivity contribution is 0.464. The molecule has 1 aromatic carbocycles. The van der Waals surface area contributed by atoms with Crippen LogP contribution < -0.4 is 10.6 Å². The molecule has 0 aromatic heterocycles. The van der Waals surface area contributed by atoms with Gasteiger partial charge in [0.25, 0.3) is 0 Å². The molecule has 1 aliphatic rings. The number of benzene rings is 1. The average molecular weight is 232 g/mol. The Morgan fingerprint density at radius 1 is 1.12 bits per heavy atom. The van der Waals surface area contributed by atoms with Crippen molar-refractivity contribution in [2.24, 2.45) is 0 Å². The lowest BCUT2D eigenvalue weighted by Gasteiger charge is -2.15. The van der Waals surface area contributed by atoms with Crippen LogP contribution in [0.5, 0.6) is 0 Å². The van der Waals surface area contributed by atoms with E-state index < -0.39 is 0 Å². The molecule has 17 heavy (non-hydrogen) atoms. The number of hydrogen-bond acceptors (Lipinski definition) is 2. The fourth-order valence-corrected chi connectivity index (χ4v) is 2.47. The van der Waals surface area contributed by atoms with Crippen molar-refractivity contribution in [2.45, 2.75) is 38.1 Å². The first-order valence-electron chi connectivity index (χ1n) is 6.93. The number of aryl methyl sites for hydroxylation is 1. The molecular weight excluding hydrogens is 208 g/mol. The summed E-state index contributed by atoms with van der Waals surface area (Å²) in [6, 6.07) is 11.5. The van der Waals surface area contributed by atoms with Crippen molar-refractivity contribution in [3.8, 4) is 0 Å². The number of rotatable bonds is 5. The second-order valence-corrected chi connectivity index (χ2v) is 4.92. The van der Waals surface area contributed by atoms with E-state index in [4.69, 9.17) is 0 Å². The molecule has 1 heterocycles. The Hall–Kier alpha value is -0.860. The molecule has 2 N–H and O–H groups in total. The van der Waals surface area contributed by atoms with Crippen molar-refractivity contribution in [3.05, 3.63) is 35.9 Å². The zero-order valence-electron chi connectivity index (χ0n) is 10.6. The van der Waals surface area contributed by atoms with Gasteiger partial charge in [-0.05, 0) is 57.3 Å². The van der Waals surface area contributed by atoms with Crippen LogP contribution in [0.3, 0.4) is 0 Å². The van der Waals surface area contributed by atoms with Crippen molar-refractivity contribution in [2.75, 3.05) is 19.6 Å². The summed E-state index contributed by atoms with van der Waals surface area (Å²) in [4.78, 5) is 0. The normalized spacial score (nSPS) is 21.1. The maximum Gasteiger partial charge on any atom is 0.00796 e. The third-order valence-corrected chi connectivity index (χ3v) is 3.49. The molecule has 2 rings (SSSR count). The Morgan fingerprint density at radius 2 is 2.00 bits per heavy atom. The minimum Gasteiger partial charge on any atom is -0.317 e. The summed E-state index contributed by atoms with van der Waals surface area (Å²) in [6.07, 6.45) is 6.37. The van der Waals surface area contributed by atoms with E-state index in [0.29, 0.717) is 0 Å². The molecule has 1 aromatic rings. The molecule has 94 valence electrons. The van der Waals surface area contributed by atoms with E-state index in [0.717, 1.165) is 12.6 Å². The fraction of sp³-hybridized carbons (Fsp3) is 0.600. The molecule has 0 amide bonds. The van der Waals surface area contributed by atoms with E-state index in [1.165, 1.54) is 50.8 Å². The Bertz CT molecular complexity index is 289. The third kappa shape index (κ3) is 4.88. The molecule has 0 bridgehead atoms. The van der Waals surface area contributed by atoms with Crippen LogP contribution in [0, 0.1) is 0 Å². The maximum atomic E-state index is 3.69. The Kier molecular flexibility index (Phi) is 5.53. The fourth-order valence-electron chi connectivity index (χ4n) is 2.47. The Labute approximate surface area is 105 Å². The van der Waals surface area contributed by atoms with Crippen molar-refractivity contribution < 1.29 is 0 Å². The number of nitrogens with one attached hydrogen (secondary N) is 2. The van der Waals surface area contributed by atoms with Gasteiger partial charge >= 0.3 is 0 Å². The summed E-state index contributed by atoms with van der Waals surface area (Å²) < 4.78 is 0. The zero-order chi connectivity index (χ0) is 11.8. The molecular formula is C15H24N2. The minimum absolute atomic E-state index is 0.737. The van der Waals surface area contributed by atoms with Gasteiger partial charge in [0.15, 0.2) is 0 Å². The quantitative estimate of drug-likeness (QED) is 0.762. The van der Waals surface area contributed by atoms with Crippen molar-refractivity contribution in [1.82, 2.24) is 10.6 Å². The second kappa shape index (κ2) is 7.46. The molecule has 1 unspecified atom stereocenters. The molecule has 0 spiro atoms. The highest BCUT2D eigenvalue weighted by atomic mass is 14.9. The van der Waals surface area contributed by atoms with Crippen LogP contribution in [0.4, 0.5) is 0 Å². The van der Waals surface area contributed by atoms with Gasteiger partial charge in [0, 0.05) is 6.04 Å². The first-order chi connectivity index (χ1) is 8.45. The highest BCUT2D eigenvalue weighted by Gasteiger charge is 2.10. The number of hydrogen-bond donors (Lipinski definition) is 2. The van der Waals surface area contributed by atoms with E-state index in [9.17, 15) is 0 Å². The Morgan fingerprint density at radius 3 is 2.88 bits per heavy atom. The minimum atomic E-state index is 0.737. The summed E-state index contributed by atoms with van der Waals surface area (Å²) in [5, 5.41) is 7.15. The molecule has 1 aliphatic heterocycles. The molecule has 1 fully saturated rings. The summed E-state index contributed by atoms with van der Waals surface area (Å²) in [5.74, 6) is 0. The van der Waals surface area contributed by atoms with Gasteiger partial charge in [-0.3, -0.25) is 0 Å². The van der Waals surface area contributed by atoms with Crippen LogP contribution in [-0.2, 0) is 6.42 Å². The summed E-state index contributed by atoms with van der Waals surface area (Å²) in [5.41, 5.74) is 1.46. The molecule has 2 heteroatoms. The van der Waals surface area contributed by atoms with E-state index in [-0.39, 0.29) is 0 Å². The van der Waals surface area contributed by atoms with E-state index in [2.05, 4.69) is 41.0 Å². The third-order valence-electron chi connectivity index (χ3n) is 3.49. The highest BCUT2D eigenvalue weighted by molar-refractivity contribution is 5.14. The topological polar surface area (TPSA) is 24.1 Å². The summed E-state index contributed by atoms with van der Waals surface area (Å²) >= 11 is 0. The molecule has 0 saturated carbocycles. The van der Waals surface area contributed by atoms with Gasteiger partial charge in [-0.15, -0.1) is 0 Å². The van der Waals surface area contributed by atoms with Crippen molar-refractivity contribution >= 4 is 0 Å². The molecule has 1 atom stereocenters. The second-order valence-electron chi connectivity index (χ2n) is 4.92. The van der Waals surface area contributed by atoms with E-state index in [1.807, 2.05) is 0 Å². The predicted octanol–water partition coefficient (Wildman–Crippen LogP) is 2.35. The summed E-state index contributed by atoms with van der Waals surface area (Å²) in [7, 11) is 0. The molecule has 0 aliphatic carbocycles.